The summed E-state index contributed by atoms with van der Waals surface area (Å²) in [5.74, 6) is 0. The molecule has 1 atom stereocenters. The molecule has 5 nitrogen and oxygen atoms in total. The minimum Gasteiger partial charge on any atom is -0.444 e. The highest BCUT2D eigenvalue weighted by atomic mass is 16.6. The van der Waals surface area contributed by atoms with Crippen LogP contribution in [0, 0.1) is 11.3 Å². The zero-order chi connectivity index (χ0) is 19.4. The molecule has 0 radical (unpaired) electrons. The molecule has 0 aliphatic carbocycles. The Morgan fingerprint density at radius 3 is 2.56 bits per heavy atom. The second-order valence-electron chi connectivity index (χ2n) is 7.50. The highest BCUT2D eigenvalue weighted by Gasteiger charge is 2.22. The van der Waals surface area contributed by atoms with Gasteiger partial charge in [-0.2, -0.15) is 5.26 Å². The number of nitriles is 1. The Kier molecular flexibility index (Phi) is 5.18. The first kappa shape index (κ1) is 18.5. The lowest BCUT2D eigenvalue weighted by molar-refractivity contribution is 0.0503. The number of nitrogens with one attached hydrogen (secondary N) is 2. The predicted molar refractivity (Wildman–Crippen MR) is 105 cm³/mol. The molecule has 0 saturated heterocycles. The van der Waals surface area contributed by atoms with E-state index in [1.54, 1.807) is 12.1 Å². The molecule has 1 amide bonds. The van der Waals surface area contributed by atoms with Crippen molar-refractivity contribution in [3.05, 3.63) is 71.4 Å². The van der Waals surface area contributed by atoms with Gasteiger partial charge in [0.15, 0.2) is 0 Å². The number of para-hydroxylation sites is 1. The summed E-state index contributed by atoms with van der Waals surface area (Å²) >= 11 is 0. The Balaban J connectivity index is 1.89. The van der Waals surface area contributed by atoms with E-state index in [0.717, 1.165) is 22.0 Å². The molecule has 3 rings (SSSR count). The molecule has 27 heavy (non-hydrogen) atoms. The van der Waals surface area contributed by atoms with Crippen LogP contribution in [0.3, 0.4) is 0 Å². The number of aromatic amines is 1. The molecular weight excluding hydrogens is 338 g/mol. The van der Waals surface area contributed by atoms with Crippen LogP contribution in [-0.2, 0) is 11.2 Å². The normalized spacial score (nSPS) is 12.4. The molecule has 0 saturated carbocycles. The lowest BCUT2D eigenvalue weighted by Crippen LogP contribution is -2.35. The van der Waals surface area contributed by atoms with Crippen molar-refractivity contribution in [2.24, 2.45) is 0 Å². The van der Waals surface area contributed by atoms with Gasteiger partial charge in [-0.05, 0) is 56.5 Å². The van der Waals surface area contributed by atoms with Crippen molar-refractivity contribution in [3.63, 3.8) is 0 Å². The second-order valence-corrected chi connectivity index (χ2v) is 7.50. The number of carbonyl (C=O) groups excluding carboxylic acids is 1. The minimum atomic E-state index is -0.569. The third-order valence-electron chi connectivity index (χ3n) is 4.23. The maximum atomic E-state index is 12.4. The first-order valence-corrected chi connectivity index (χ1v) is 8.90. The van der Waals surface area contributed by atoms with Crippen molar-refractivity contribution < 1.29 is 9.53 Å². The first-order valence-electron chi connectivity index (χ1n) is 8.90. The van der Waals surface area contributed by atoms with Gasteiger partial charge in [0, 0.05) is 17.1 Å². The minimum absolute atomic E-state index is 0.271. The van der Waals surface area contributed by atoms with E-state index in [-0.39, 0.29) is 6.04 Å². The molecule has 0 bridgehead atoms. The van der Waals surface area contributed by atoms with E-state index in [0.29, 0.717) is 12.0 Å². The maximum absolute atomic E-state index is 12.4. The average Bonchev–Trinajstić information content (AvgIpc) is 3.03. The van der Waals surface area contributed by atoms with Gasteiger partial charge in [0.05, 0.1) is 17.7 Å². The zero-order valence-corrected chi connectivity index (χ0v) is 15.7. The van der Waals surface area contributed by atoms with E-state index in [4.69, 9.17) is 10.00 Å². The van der Waals surface area contributed by atoms with Crippen LogP contribution in [0.25, 0.3) is 10.9 Å². The molecule has 1 aromatic heterocycles. The summed E-state index contributed by atoms with van der Waals surface area (Å²) in [6, 6.07) is 17.2. The van der Waals surface area contributed by atoms with Gasteiger partial charge < -0.3 is 15.0 Å². The van der Waals surface area contributed by atoms with Crippen LogP contribution in [-0.4, -0.2) is 16.7 Å². The molecule has 1 unspecified atom stereocenters. The van der Waals surface area contributed by atoms with Gasteiger partial charge in [-0.15, -0.1) is 0 Å². The lowest BCUT2D eigenvalue weighted by atomic mass is 9.98. The third kappa shape index (κ3) is 4.68. The quantitative estimate of drug-likeness (QED) is 0.697. The Morgan fingerprint density at radius 2 is 1.89 bits per heavy atom. The predicted octanol–water partition coefficient (Wildman–Crippen LogP) is 4.85. The van der Waals surface area contributed by atoms with E-state index in [2.05, 4.69) is 22.4 Å². The van der Waals surface area contributed by atoms with Crippen LogP contribution in [0.5, 0.6) is 0 Å². The van der Waals surface area contributed by atoms with Crippen LogP contribution < -0.4 is 5.32 Å². The SMILES string of the molecule is CC(C)(C)OC(=O)NC(Cc1c[nH]c2ccccc12)c1ccc(C#N)cc1. The molecule has 3 aromatic rings. The average molecular weight is 361 g/mol. The van der Waals surface area contributed by atoms with E-state index in [1.807, 2.05) is 57.3 Å². The number of ether oxygens (including phenoxy) is 1. The van der Waals surface area contributed by atoms with E-state index >= 15 is 0 Å². The summed E-state index contributed by atoms with van der Waals surface area (Å²) in [4.78, 5) is 15.6. The van der Waals surface area contributed by atoms with Gasteiger partial charge in [-0.3, -0.25) is 0 Å². The van der Waals surface area contributed by atoms with Gasteiger partial charge in [0.2, 0.25) is 0 Å². The lowest BCUT2D eigenvalue weighted by Gasteiger charge is -2.24. The fourth-order valence-electron chi connectivity index (χ4n) is 3.01. The summed E-state index contributed by atoms with van der Waals surface area (Å²) in [6.45, 7) is 5.51. The summed E-state index contributed by atoms with van der Waals surface area (Å²) in [7, 11) is 0. The molecule has 2 aromatic carbocycles. The van der Waals surface area contributed by atoms with Gasteiger partial charge in [0.25, 0.3) is 0 Å². The van der Waals surface area contributed by atoms with Crippen molar-refractivity contribution in [2.75, 3.05) is 0 Å². The largest absolute Gasteiger partial charge is 0.444 e. The van der Waals surface area contributed by atoms with Crippen LogP contribution in [0.15, 0.2) is 54.7 Å². The van der Waals surface area contributed by atoms with Crippen molar-refractivity contribution >= 4 is 17.0 Å². The van der Waals surface area contributed by atoms with Crippen molar-refractivity contribution in [2.45, 2.75) is 38.8 Å². The molecule has 0 spiro atoms. The van der Waals surface area contributed by atoms with Crippen molar-refractivity contribution in [3.8, 4) is 6.07 Å². The highest BCUT2D eigenvalue weighted by Crippen LogP contribution is 2.25. The number of fused-ring (bicyclic) bond motifs is 1. The van der Waals surface area contributed by atoms with E-state index in [9.17, 15) is 4.79 Å². The smallest absolute Gasteiger partial charge is 0.408 e. The van der Waals surface area contributed by atoms with E-state index < -0.39 is 11.7 Å². The Bertz CT molecular complexity index is 975. The number of nitrogens with zero attached hydrogens (tertiary/aromatic N) is 1. The fourth-order valence-corrected chi connectivity index (χ4v) is 3.01. The summed E-state index contributed by atoms with van der Waals surface area (Å²) in [5, 5.41) is 13.1. The van der Waals surface area contributed by atoms with Crippen LogP contribution in [0.2, 0.25) is 0 Å². The topological polar surface area (TPSA) is 77.9 Å². The molecule has 5 heteroatoms. The molecule has 0 aliphatic rings. The summed E-state index contributed by atoms with van der Waals surface area (Å²) < 4.78 is 5.43. The number of benzene rings is 2. The number of H-pyrrole nitrogens is 1. The Morgan fingerprint density at radius 1 is 1.19 bits per heavy atom. The van der Waals surface area contributed by atoms with Crippen LogP contribution >= 0.6 is 0 Å². The molecule has 1 heterocycles. The molecule has 2 N–H and O–H groups in total. The van der Waals surface area contributed by atoms with Crippen LogP contribution in [0.1, 0.15) is 43.5 Å². The number of amides is 1. The first-order chi connectivity index (χ1) is 12.9. The summed E-state index contributed by atoms with van der Waals surface area (Å²) in [5.41, 5.74) is 3.10. The van der Waals surface area contributed by atoms with Gasteiger partial charge in [0.1, 0.15) is 5.60 Å². The number of hydrogen-bond donors (Lipinski definition) is 2. The standard InChI is InChI=1S/C22H23N3O2/c1-22(2,3)27-21(26)25-20(16-10-8-15(13-23)9-11-16)12-17-14-24-19-7-5-4-6-18(17)19/h4-11,14,20,24H,12H2,1-3H3,(H,25,26). The number of carbonyl (C=O) groups is 1. The number of alkyl carbamates (subject to hydrolysis) is 1. The number of hydrogen-bond acceptors (Lipinski definition) is 3. The molecule has 138 valence electrons. The monoisotopic (exact) mass is 361 g/mol. The fraction of sp³-hybridized carbons (Fsp3) is 0.273. The van der Waals surface area contributed by atoms with Gasteiger partial charge >= 0.3 is 6.09 Å². The number of rotatable bonds is 4. The summed E-state index contributed by atoms with van der Waals surface area (Å²) in [6.07, 6.45) is 2.12. The zero-order valence-electron chi connectivity index (χ0n) is 15.7. The van der Waals surface area contributed by atoms with E-state index in [1.165, 1.54) is 0 Å². The van der Waals surface area contributed by atoms with Crippen molar-refractivity contribution in [1.29, 1.82) is 5.26 Å². The molecule has 0 aliphatic heterocycles. The second kappa shape index (κ2) is 7.55. The Hall–Kier alpha value is -3.26. The maximum Gasteiger partial charge on any atom is 0.408 e. The number of aromatic nitrogens is 1. The van der Waals surface area contributed by atoms with Crippen LogP contribution in [0.4, 0.5) is 4.79 Å². The third-order valence-corrected chi connectivity index (χ3v) is 4.23. The van der Waals surface area contributed by atoms with Gasteiger partial charge in [-0.25, -0.2) is 4.79 Å². The van der Waals surface area contributed by atoms with Crippen molar-refractivity contribution in [1.82, 2.24) is 10.3 Å². The Labute approximate surface area is 159 Å². The highest BCUT2D eigenvalue weighted by molar-refractivity contribution is 5.83. The van der Waals surface area contributed by atoms with Gasteiger partial charge in [-0.1, -0.05) is 30.3 Å². The molecule has 0 fully saturated rings. The molecular formula is C22H23N3O2.